The number of carbonyl (C=O) groups is 1. The van der Waals surface area contributed by atoms with Crippen LogP contribution in [-0.4, -0.2) is 48.0 Å². The van der Waals surface area contributed by atoms with Crippen molar-refractivity contribution in [1.29, 1.82) is 0 Å². The Morgan fingerprint density at radius 1 is 0.943 bits per heavy atom. The lowest BCUT2D eigenvalue weighted by molar-refractivity contribution is 0.0937. The molecule has 0 aliphatic carbocycles. The standard InChI is InChI=1S/C27H28N4O3S/c1-19-4-8-21(9-5-19)25-29-30-27(31(25)23-12-14-24(34-3)15-13-23)35-18-20-6-10-22(11-7-20)26(32)28-16-17-33-2/h4-15H,16-18H2,1-3H3,(H,28,32). The van der Waals surface area contributed by atoms with Crippen molar-refractivity contribution in [2.75, 3.05) is 27.4 Å². The first-order chi connectivity index (χ1) is 17.1. The zero-order chi connectivity index (χ0) is 24.6. The Morgan fingerprint density at radius 2 is 1.66 bits per heavy atom. The zero-order valence-corrected chi connectivity index (χ0v) is 20.8. The number of thioether (sulfide) groups is 1. The minimum atomic E-state index is -0.108. The van der Waals surface area contributed by atoms with Gasteiger partial charge in [0.25, 0.3) is 5.91 Å². The number of hydrogen-bond acceptors (Lipinski definition) is 6. The predicted molar refractivity (Wildman–Crippen MR) is 138 cm³/mol. The summed E-state index contributed by atoms with van der Waals surface area (Å²) in [6, 6.07) is 23.7. The lowest BCUT2D eigenvalue weighted by atomic mass is 10.1. The summed E-state index contributed by atoms with van der Waals surface area (Å²) in [6.45, 7) is 3.03. The molecule has 0 fully saturated rings. The number of nitrogens with zero attached hydrogens (tertiary/aromatic N) is 3. The average Bonchev–Trinajstić information content (AvgIpc) is 3.32. The summed E-state index contributed by atoms with van der Waals surface area (Å²) < 4.78 is 12.4. The van der Waals surface area contributed by atoms with Gasteiger partial charge < -0.3 is 14.8 Å². The molecule has 1 N–H and O–H groups in total. The first-order valence-electron chi connectivity index (χ1n) is 11.2. The number of benzene rings is 3. The molecule has 0 unspecified atom stereocenters. The van der Waals surface area contributed by atoms with Crippen LogP contribution in [0.25, 0.3) is 17.1 Å². The quantitative estimate of drug-likeness (QED) is 0.252. The van der Waals surface area contributed by atoms with Gasteiger partial charge in [-0.25, -0.2) is 0 Å². The number of methoxy groups -OCH3 is 2. The zero-order valence-electron chi connectivity index (χ0n) is 20.0. The van der Waals surface area contributed by atoms with E-state index in [0.717, 1.165) is 33.5 Å². The predicted octanol–water partition coefficient (Wildman–Crippen LogP) is 4.92. The number of nitrogens with one attached hydrogen (secondary N) is 1. The second-order valence-corrected chi connectivity index (χ2v) is 8.88. The highest BCUT2D eigenvalue weighted by Crippen LogP contribution is 2.30. The molecule has 35 heavy (non-hydrogen) atoms. The van der Waals surface area contributed by atoms with Crippen LogP contribution in [-0.2, 0) is 10.5 Å². The average molecular weight is 489 g/mol. The summed E-state index contributed by atoms with van der Waals surface area (Å²) in [6.07, 6.45) is 0. The van der Waals surface area contributed by atoms with Crippen LogP contribution in [0.3, 0.4) is 0 Å². The SMILES string of the molecule is COCCNC(=O)c1ccc(CSc2nnc(-c3ccc(C)cc3)n2-c2ccc(OC)cc2)cc1. The molecule has 0 aliphatic rings. The molecule has 4 rings (SSSR count). The Morgan fingerprint density at radius 3 is 2.31 bits per heavy atom. The molecule has 0 bridgehead atoms. The first kappa shape index (κ1) is 24.5. The molecule has 7 nitrogen and oxygen atoms in total. The van der Waals surface area contributed by atoms with E-state index in [4.69, 9.17) is 9.47 Å². The molecule has 4 aromatic rings. The van der Waals surface area contributed by atoms with Gasteiger partial charge in [0.05, 0.1) is 13.7 Å². The topological polar surface area (TPSA) is 78.3 Å². The Balaban J connectivity index is 1.55. The minimum Gasteiger partial charge on any atom is -0.497 e. The fourth-order valence-corrected chi connectivity index (χ4v) is 4.39. The lowest BCUT2D eigenvalue weighted by Crippen LogP contribution is -2.26. The van der Waals surface area contributed by atoms with Crippen molar-refractivity contribution in [2.45, 2.75) is 17.8 Å². The van der Waals surface area contributed by atoms with Crippen molar-refractivity contribution in [3.63, 3.8) is 0 Å². The maximum absolute atomic E-state index is 12.2. The summed E-state index contributed by atoms with van der Waals surface area (Å²) in [4.78, 5) is 12.2. The van der Waals surface area contributed by atoms with Gasteiger partial charge in [-0.05, 0) is 48.9 Å². The number of rotatable bonds is 10. The van der Waals surface area contributed by atoms with Gasteiger partial charge in [0.1, 0.15) is 5.75 Å². The van der Waals surface area contributed by atoms with Gasteiger partial charge in [0, 0.05) is 36.2 Å². The van der Waals surface area contributed by atoms with Crippen molar-refractivity contribution >= 4 is 17.7 Å². The van der Waals surface area contributed by atoms with Crippen LogP contribution in [0.15, 0.2) is 78.0 Å². The number of hydrogen-bond donors (Lipinski definition) is 1. The summed E-state index contributed by atoms with van der Waals surface area (Å²) in [5.41, 5.74) is 4.85. The lowest BCUT2D eigenvalue weighted by Gasteiger charge is -2.11. The Bertz CT molecular complexity index is 1250. The van der Waals surface area contributed by atoms with Crippen molar-refractivity contribution in [3.05, 3.63) is 89.5 Å². The van der Waals surface area contributed by atoms with Gasteiger partial charge in [0.2, 0.25) is 0 Å². The Hall–Kier alpha value is -3.62. The molecule has 1 amide bonds. The first-order valence-corrected chi connectivity index (χ1v) is 12.2. The fourth-order valence-electron chi connectivity index (χ4n) is 3.49. The molecule has 0 atom stereocenters. The van der Waals surface area contributed by atoms with Gasteiger partial charge in [-0.2, -0.15) is 0 Å². The van der Waals surface area contributed by atoms with E-state index in [1.165, 1.54) is 5.56 Å². The molecule has 0 aliphatic heterocycles. The third kappa shape index (κ3) is 6.09. The van der Waals surface area contributed by atoms with Crippen molar-refractivity contribution in [2.24, 2.45) is 0 Å². The number of aryl methyl sites for hydroxylation is 1. The molecule has 180 valence electrons. The van der Waals surface area contributed by atoms with Gasteiger partial charge >= 0.3 is 0 Å². The second-order valence-electron chi connectivity index (χ2n) is 7.94. The van der Waals surface area contributed by atoms with E-state index in [1.807, 2.05) is 48.5 Å². The highest BCUT2D eigenvalue weighted by molar-refractivity contribution is 7.98. The molecule has 3 aromatic carbocycles. The Labute approximate surface area is 209 Å². The molecule has 0 spiro atoms. The Kier molecular flexibility index (Phi) is 8.18. The van der Waals surface area contributed by atoms with Crippen LogP contribution in [0.1, 0.15) is 21.5 Å². The van der Waals surface area contributed by atoms with Crippen molar-refractivity contribution in [1.82, 2.24) is 20.1 Å². The molecule has 1 aromatic heterocycles. The maximum Gasteiger partial charge on any atom is 0.251 e. The van der Waals surface area contributed by atoms with Crippen LogP contribution >= 0.6 is 11.8 Å². The largest absolute Gasteiger partial charge is 0.497 e. The van der Waals surface area contributed by atoms with E-state index in [0.29, 0.717) is 24.5 Å². The van der Waals surface area contributed by atoms with Crippen LogP contribution in [0, 0.1) is 6.92 Å². The van der Waals surface area contributed by atoms with E-state index in [2.05, 4.69) is 51.3 Å². The van der Waals surface area contributed by atoms with Crippen molar-refractivity contribution in [3.8, 4) is 22.8 Å². The minimum absolute atomic E-state index is 0.108. The van der Waals surface area contributed by atoms with Crippen LogP contribution in [0.5, 0.6) is 5.75 Å². The van der Waals surface area contributed by atoms with Gasteiger partial charge in [-0.15, -0.1) is 10.2 Å². The smallest absolute Gasteiger partial charge is 0.251 e. The number of ether oxygens (including phenoxy) is 2. The summed E-state index contributed by atoms with van der Waals surface area (Å²) >= 11 is 1.60. The monoisotopic (exact) mass is 488 g/mol. The summed E-state index contributed by atoms with van der Waals surface area (Å²) in [5, 5.41) is 12.6. The molecule has 0 saturated heterocycles. The molecule has 8 heteroatoms. The number of carbonyl (C=O) groups excluding carboxylic acids is 1. The van der Waals surface area contributed by atoms with Crippen molar-refractivity contribution < 1.29 is 14.3 Å². The fraction of sp³-hybridized carbons (Fsp3) is 0.222. The van der Waals surface area contributed by atoms with E-state index >= 15 is 0 Å². The third-order valence-electron chi connectivity index (χ3n) is 5.45. The highest BCUT2D eigenvalue weighted by atomic mass is 32.2. The van der Waals surface area contributed by atoms with E-state index < -0.39 is 0 Å². The molecule has 0 saturated carbocycles. The number of aromatic nitrogens is 3. The van der Waals surface area contributed by atoms with E-state index in [9.17, 15) is 4.79 Å². The molecule has 1 heterocycles. The molecular weight excluding hydrogens is 460 g/mol. The molecule has 0 radical (unpaired) electrons. The maximum atomic E-state index is 12.2. The normalized spacial score (nSPS) is 10.8. The summed E-state index contributed by atoms with van der Waals surface area (Å²) in [7, 11) is 3.26. The second kappa shape index (κ2) is 11.7. The summed E-state index contributed by atoms with van der Waals surface area (Å²) in [5.74, 6) is 2.15. The van der Waals surface area contributed by atoms with Crippen LogP contribution in [0.2, 0.25) is 0 Å². The van der Waals surface area contributed by atoms with Gasteiger partial charge in [-0.1, -0.05) is 53.7 Å². The highest BCUT2D eigenvalue weighted by Gasteiger charge is 2.17. The van der Waals surface area contributed by atoms with E-state index in [-0.39, 0.29) is 5.91 Å². The molecular formula is C27H28N4O3S. The van der Waals surface area contributed by atoms with E-state index in [1.54, 1.807) is 26.0 Å². The third-order valence-corrected chi connectivity index (χ3v) is 6.45. The van der Waals surface area contributed by atoms with Gasteiger partial charge in [0.15, 0.2) is 11.0 Å². The number of amides is 1. The van der Waals surface area contributed by atoms with Gasteiger partial charge in [-0.3, -0.25) is 9.36 Å². The van der Waals surface area contributed by atoms with Crippen LogP contribution < -0.4 is 10.1 Å². The van der Waals surface area contributed by atoms with Crippen LogP contribution in [0.4, 0.5) is 0 Å².